The first-order chi connectivity index (χ1) is 10.6. The number of fused-ring (bicyclic) bond motifs is 1. The number of thiazole rings is 1. The first-order valence-corrected chi connectivity index (χ1v) is 7.61. The fourth-order valence-corrected chi connectivity index (χ4v) is 2.90. The lowest BCUT2D eigenvalue weighted by Gasteiger charge is -2.03. The van der Waals surface area contributed by atoms with Crippen molar-refractivity contribution in [1.29, 1.82) is 0 Å². The summed E-state index contributed by atoms with van der Waals surface area (Å²) >= 11 is 7.14. The van der Waals surface area contributed by atoms with Crippen molar-refractivity contribution in [2.45, 2.75) is 0 Å². The topological polar surface area (TPSA) is 42.0 Å². The van der Waals surface area contributed by atoms with Crippen LogP contribution in [0.4, 0.5) is 10.1 Å². The molecule has 0 aliphatic rings. The molecule has 0 atom stereocenters. The summed E-state index contributed by atoms with van der Waals surface area (Å²) in [6.07, 6.45) is 2.93. The number of rotatable bonds is 3. The fourth-order valence-electron chi connectivity index (χ4n) is 1.87. The zero-order chi connectivity index (χ0) is 15.5. The summed E-state index contributed by atoms with van der Waals surface area (Å²) in [4.78, 5) is 16.2. The molecule has 0 aliphatic heterocycles. The summed E-state index contributed by atoms with van der Waals surface area (Å²) in [5, 5.41) is 3.45. The normalized spacial score (nSPS) is 11.2. The number of aromatic nitrogens is 1. The van der Waals surface area contributed by atoms with Gasteiger partial charge < -0.3 is 5.32 Å². The van der Waals surface area contributed by atoms with Crippen LogP contribution in [0.2, 0.25) is 5.02 Å². The molecule has 0 spiro atoms. The van der Waals surface area contributed by atoms with Crippen LogP contribution in [0.1, 0.15) is 5.01 Å². The maximum atomic E-state index is 13.6. The number of hydrogen-bond donors (Lipinski definition) is 1. The van der Waals surface area contributed by atoms with Gasteiger partial charge in [-0.3, -0.25) is 4.79 Å². The van der Waals surface area contributed by atoms with Gasteiger partial charge in [-0.15, -0.1) is 11.3 Å². The van der Waals surface area contributed by atoms with E-state index in [4.69, 9.17) is 11.6 Å². The Bertz CT molecular complexity index is 842. The highest BCUT2D eigenvalue weighted by molar-refractivity contribution is 7.19. The average Bonchev–Trinajstić information content (AvgIpc) is 2.91. The number of para-hydroxylation sites is 1. The highest BCUT2D eigenvalue weighted by Gasteiger charge is 2.06. The van der Waals surface area contributed by atoms with Crippen molar-refractivity contribution < 1.29 is 9.18 Å². The summed E-state index contributed by atoms with van der Waals surface area (Å²) in [5.41, 5.74) is 0.972. The molecule has 1 amide bonds. The Labute approximate surface area is 135 Å². The minimum Gasteiger partial charge on any atom is -0.320 e. The molecule has 22 heavy (non-hydrogen) atoms. The Balaban J connectivity index is 1.73. The van der Waals surface area contributed by atoms with Gasteiger partial charge >= 0.3 is 0 Å². The van der Waals surface area contributed by atoms with Gasteiger partial charge in [0.15, 0.2) is 0 Å². The van der Waals surface area contributed by atoms with E-state index >= 15 is 0 Å². The van der Waals surface area contributed by atoms with Crippen molar-refractivity contribution in [2.24, 2.45) is 0 Å². The lowest BCUT2D eigenvalue weighted by molar-refractivity contribution is -0.111. The summed E-state index contributed by atoms with van der Waals surface area (Å²) in [6.45, 7) is 0. The number of benzene rings is 2. The molecule has 3 rings (SSSR count). The summed E-state index contributed by atoms with van der Waals surface area (Å²) < 4.78 is 14.6. The van der Waals surface area contributed by atoms with Crippen LogP contribution in [0.15, 0.2) is 48.5 Å². The van der Waals surface area contributed by atoms with E-state index in [1.165, 1.54) is 29.5 Å². The van der Waals surface area contributed by atoms with Crippen molar-refractivity contribution in [3.63, 3.8) is 0 Å². The Morgan fingerprint density at radius 1 is 1.27 bits per heavy atom. The number of hydrogen-bond acceptors (Lipinski definition) is 3. The van der Waals surface area contributed by atoms with E-state index in [0.717, 1.165) is 16.3 Å². The molecule has 0 bridgehead atoms. The molecule has 0 saturated heterocycles. The van der Waals surface area contributed by atoms with Crippen molar-refractivity contribution in [1.82, 2.24) is 4.98 Å². The zero-order valence-corrected chi connectivity index (χ0v) is 12.8. The van der Waals surface area contributed by atoms with Gasteiger partial charge in [0.2, 0.25) is 5.91 Å². The largest absolute Gasteiger partial charge is 0.320 e. The number of nitrogens with zero attached hydrogens (tertiary/aromatic N) is 1. The van der Waals surface area contributed by atoms with Crippen LogP contribution in [0.5, 0.6) is 0 Å². The Hall–Kier alpha value is -2.24. The maximum absolute atomic E-state index is 13.6. The smallest absolute Gasteiger partial charge is 0.248 e. The van der Waals surface area contributed by atoms with E-state index < -0.39 is 11.7 Å². The van der Waals surface area contributed by atoms with E-state index in [-0.39, 0.29) is 10.7 Å². The van der Waals surface area contributed by atoms with E-state index in [1.54, 1.807) is 6.08 Å². The van der Waals surface area contributed by atoms with Crippen molar-refractivity contribution in [3.05, 3.63) is 64.4 Å². The summed E-state index contributed by atoms with van der Waals surface area (Å²) in [6, 6.07) is 11.8. The van der Waals surface area contributed by atoms with Gasteiger partial charge in [0, 0.05) is 11.1 Å². The van der Waals surface area contributed by atoms with Crippen molar-refractivity contribution in [3.8, 4) is 0 Å². The van der Waals surface area contributed by atoms with E-state index in [1.807, 2.05) is 24.3 Å². The standard InChI is InChI=1S/C16H10ClFN2OS/c17-10-5-6-12(11(18)9-10)19-15(21)7-8-16-20-13-3-1-2-4-14(13)22-16/h1-9H,(H,19,21)/b8-7+. The van der Waals surface area contributed by atoms with Gasteiger partial charge in [0.25, 0.3) is 0 Å². The Kier molecular flexibility index (Phi) is 4.18. The van der Waals surface area contributed by atoms with Gasteiger partial charge in [-0.25, -0.2) is 9.37 Å². The van der Waals surface area contributed by atoms with Gasteiger partial charge in [-0.05, 0) is 36.4 Å². The van der Waals surface area contributed by atoms with Gasteiger partial charge in [0.05, 0.1) is 15.9 Å². The lowest BCUT2D eigenvalue weighted by atomic mass is 10.3. The molecule has 0 fully saturated rings. The Morgan fingerprint density at radius 3 is 2.86 bits per heavy atom. The maximum Gasteiger partial charge on any atom is 0.248 e. The van der Waals surface area contributed by atoms with Gasteiger partial charge in [-0.2, -0.15) is 0 Å². The minimum atomic E-state index is -0.575. The highest BCUT2D eigenvalue weighted by atomic mass is 35.5. The third kappa shape index (κ3) is 3.32. The fraction of sp³-hybridized carbons (Fsp3) is 0. The highest BCUT2D eigenvalue weighted by Crippen LogP contribution is 2.22. The predicted octanol–water partition coefficient (Wildman–Crippen LogP) is 4.74. The SMILES string of the molecule is O=C(/C=C/c1nc2ccccc2s1)Nc1ccc(Cl)cc1F. The molecular formula is C16H10ClFN2OS. The van der Waals surface area contributed by atoms with E-state index in [2.05, 4.69) is 10.3 Å². The molecule has 0 radical (unpaired) electrons. The molecule has 0 aliphatic carbocycles. The first-order valence-electron chi connectivity index (χ1n) is 6.41. The lowest BCUT2D eigenvalue weighted by Crippen LogP contribution is -2.09. The van der Waals surface area contributed by atoms with E-state index in [9.17, 15) is 9.18 Å². The number of carbonyl (C=O) groups excluding carboxylic acids is 1. The number of halogens is 2. The number of anilines is 1. The van der Waals surface area contributed by atoms with Crippen LogP contribution >= 0.6 is 22.9 Å². The second-order valence-electron chi connectivity index (χ2n) is 4.47. The molecule has 110 valence electrons. The molecule has 0 unspecified atom stereocenters. The number of nitrogens with one attached hydrogen (secondary N) is 1. The average molecular weight is 333 g/mol. The predicted molar refractivity (Wildman–Crippen MR) is 88.7 cm³/mol. The molecule has 1 N–H and O–H groups in total. The van der Waals surface area contributed by atoms with Crippen LogP contribution in [0.25, 0.3) is 16.3 Å². The van der Waals surface area contributed by atoms with Crippen LogP contribution in [0, 0.1) is 5.82 Å². The van der Waals surface area contributed by atoms with Gasteiger partial charge in [-0.1, -0.05) is 23.7 Å². The molecular weight excluding hydrogens is 323 g/mol. The second-order valence-corrected chi connectivity index (χ2v) is 5.97. The number of carbonyl (C=O) groups is 1. The second kappa shape index (κ2) is 6.25. The summed E-state index contributed by atoms with van der Waals surface area (Å²) in [5.74, 6) is -1.00. The van der Waals surface area contributed by atoms with Crippen molar-refractivity contribution in [2.75, 3.05) is 5.32 Å². The number of amides is 1. The van der Waals surface area contributed by atoms with Crippen LogP contribution in [-0.4, -0.2) is 10.9 Å². The van der Waals surface area contributed by atoms with Crippen molar-refractivity contribution >= 4 is 50.8 Å². The molecule has 0 saturated carbocycles. The third-order valence-electron chi connectivity index (χ3n) is 2.88. The van der Waals surface area contributed by atoms with Gasteiger partial charge in [0.1, 0.15) is 10.8 Å². The molecule has 2 aromatic carbocycles. The Morgan fingerprint density at radius 2 is 2.09 bits per heavy atom. The van der Waals surface area contributed by atoms with E-state index in [0.29, 0.717) is 5.01 Å². The minimum absolute atomic E-state index is 0.0864. The van der Waals surface area contributed by atoms with Crippen LogP contribution in [0.3, 0.4) is 0 Å². The molecule has 1 aromatic heterocycles. The zero-order valence-electron chi connectivity index (χ0n) is 11.2. The third-order valence-corrected chi connectivity index (χ3v) is 4.11. The molecule has 6 heteroatoms. The van der Waals surface area contributed by atoms with Crippen LogP contribution in [-0.2, 0) is 4.79 Å². The molecule has 3 nitrogen and oxygen atoms in total. The monoisotopic (exact) mass is 332 g/mol. The first kappa shape index (κ1) is 14.7. The van der Waals surface area contributed by atoms with Crippen LogP contribution < -0.4 is 5.32 Å². The molecule has 3 aromatic rings. The summed E-state index contributed by atoms with van der Waals surface area (Å²) in [7, 11) is 0. The quantitative estimate of drug-likeness (QED) is 0.704. The molecule has 1 heterocycles.